The molecule has 7 unspecified atom stereocenters. The van der Waals surface area contributed by atoms with Gasteiger partial charge in [0.05, 0.1) is 24.4 Å². The number of halogens is 2. The third-order valence-corrected chi connectivity index (χ3v) is 7.31. The van der Waals surface area contributed by atoms with Crippen LogP contribution < -0.4 is 0 Å². The van der Waals surface area contributed by atoms with E-state index in [1.807, 2.05) is 0 Å². The molecule has 0 aromatic rings. The molecule has 3 N–H and O–H groups in total. The Morgan fingerprint density at radius 3 is 2.24 bits per heavy atom. The van der Waals surface area contributed by atoms with Crippen molar-refractivity contribution in [3.8, 4) is 0 Å². The van der Waals surface area contributed by atoms with Crippen molar-refractivity contribution in [1.29, 1.82) is 0 Å². The van der Waals surface area contributed by atoms with Gasteiger partial charge in [-0.25, -0.2) is 0 Å². The summed E-state index contributed by atoms with van der Waals surface area (Å²) in [5, 5.41) is 14.9. The maximum atomic E-state index is 13.2. The lowest BCUT2D eigenvalue weighted by molar-refractivity contribution is -0.205. The molecule has 3 rings (SSSR count). The highest BCUT2D eigenvalue weighted by Gasteiger charge is 2.72. The molecule has 2 bridgehead atoms. The van der Waals surface area contributed by atoms with Crippen molar-refractivity contribution >= 4 is 28.0 Å². The predicted octanol–water partition coefficient (Wildman–Crippen LogP) is -0.489. The topological polar surface area (TPSA) is 183 Å². The molecule has 12 nitrogen and oxygen atoms in total. The maximum absolute atomic E-state index is 13.2. The summed E-state index contributed by atoms with van der Waals surface area (Å²) in [5.41, 5.74) is -1.28. The van der Waals surface area contributed by atoms with Crippen LogP contribution in [0.15, 0.2) is 0 Å². The van der Waals surface area contributed by atoms with Crippen LogP contribution in [-0.4, -0.2) is 82.7 Å². The number of hydrogen-bond donors (Lipinski definition) is 3. The average molecular weight is 502 g/mol. The number of hydrogen-bond acceptors (Lipinski definition) is 11. The zero-order chi connectivity index (χ0) is 24.9. The third kappa shape index (κ3) is 4.32. The minimum atomic E-state index is -6.06. The molecule has 7 atom stereocenters. The molecule has 0 aliphatic carbocycles. The van der Waals surface area contributed by atoms with Crippen LogP contribution in [0, 0.1) is 11.8 Å². The van der Waals surface area contributed by atoms with E-state index in [0.717, 1.165) is 0 Å². The van der Waals surface area contributed by atoms with Crippen molar-refractivity contribution in [2.45, 2.75) is 81.1 Å². The van der Waals surface area contributed by atoms with Gasteiger partial charge in [-0.15, -0.1) is 0 Å². The summed E-state index contributed by atoms with van der Waals surface area (Å²) >= 11 is 0. The van der Waals surface area contributed by atoms with E-state index in [0.29, 0.717) is 12.8 Å². The lowest BCUT2D eigenvalue weighted by atomic mass is 9.67. The highest BCUT2D eigenvalue weighted by Crippen LogP contribution is 2.55. The first-order valence-electron chi connectivity index (χ1n) is 10.2. The van der Waals surface area contributed by atoms with Gasteiger partial charge in [-0.05, 0) is 12.8 Å². The zero-order valence-corrected chi connectivity index (χ0v) is 18.4. The first-order valence-corrected chi connectivity index (χ1v) is 11.6. The van der Waals surface area contributed by atoms with Gasteiger partial charge in [0.25, 0.3) is 6.29 Å². The summed E-state index contributed by atoms with van der Waals surface area (Å²) in [5.74, 6) is -4.55. The van der Waals surface area contributed by atoms with E-state index >= 15 is 0 Å². The normalized spacial score (nSPS) is 31.9. The molecule has 188 valence electrons. The molecule has 15 heteroatoms. The second-order valence-electron chi connectivity index (χ2n) is 8.16. The summed E-state index contributed by atoms with van der Waals surface area (Å²) in [6.45, 7) is 3.47. The van der Waals surface area contributed by atoms with Crippen molar-refractivity contribution in [1.82, 2.24) is 0 Å². The van der Waals surface area contributed by atoms with Gasteiger partial charge >= 0.3 is 33.3 Å². The lowest BCUT2D eigenvalue weighted by Crippen LogP contribution is -2.53. The van der Waals surface area contributed by atoms with Gasteiger partial charge in [0.15, 0.2) is 12.2 Å². The molecule has 0 spiro atoms. The van der Waals surface area contributed by atoms with Gasteiger partial charge in [0, 0.05) is 5.92 Å². The zero-order valence-electron chi connectivity index (χ0n) is 17.5. The molecule has 0 aromatic carbocycles. The van der Waals surface area contributed by atoms with Crippen LogP contribution in [0.5, 0.6) is 0 Å². The highest BCUT2D eigenvalue weighted by atomic mass is 32.2. The number of esters is 3. The molecular weight excluding hydrogens is 478 g/mol. The third-order valence-electron chi connectivity index (χ3n) is 6.43. The smallest absolute Gasteiger partial charge is 0.430 e. The number of alkyl halides is 2. The second kappa shape index (κ2) is 8.69. The van der Waals surface area contributed by atoms with Crippen LogP contribution in [-0.2, 0) is 43.4 Å². The Hall–Kier alpha value is -1.94. The molecular formula is C18H24F2O12S. The summed E-state index contributed by atoms with van der Waals surface area (Å²) in [7, 11) is -6.06. The van der Waals surface area contributed by atoms with Gasteiger partial charge in [-0.3, -0.25) is 18.9 Å². The van der Waals surface area contributed by atoms with Crippen molar-refractivity contribution in [3.63, 3.8) is 0 Å². The molecule has 0 saturated carbocycles. The minimum absolute atomic E-state index is 0.304. The van der Waals surface area contributed by atoms with E-state index in [1.165, 1.54) is 0 Å². The van der Waals surface area contributed by atoms with Gasteiger partial charge in [-0.1, -0.05) is 13.8 Å². The van der Waals surface area contributed by atoms with Gasteiger partial charge in [0.1, 0.15) is 12.2 Å². The number of ether oxygens (including phenoxy) is 4. The molecule has 3 fully saturated rings. The number of carbonyl (C=O) groups is 3. The molecule has 0 amide bonds. The standard InChI is InChI=1S/C18H24F2O12S/c1-3-17(25,4-2)10-9-11-13(32-15(9)23)14(12(10)31-11)29-7(21)5-6-8(22)30-16(24)18(19,20)33(26,27)28/h9-14,16,24-25H,3-6H2,1-2H3,(H,26,27,28). The Morgan fingerprint density at radius 2 is 1.70 bits per heavy atom. The number of carbonyl (C=O) groups excluding carboxylic acids is 3. The monoisotopic (exact) mass is 502 g/mol. The predicted molar refractivity (Wildman–Crippen MR) is 98.8 cm³/mol. The van der Waals surface area contributed by atoms with Crippen LogP contribution in [0.2, 0.25) is 0 Å². The molecule has 3 saturated heterocycles. The number of fused-ring (bicyclic) bond motifs is 1. The molecule has 3 aliphatic heterocycles. The quantitative estimate of drug-likeness (QED) is 0.151. The van der Waals surface area contributed by atoms with Crippen LogP contribution in [0.3, 0.4) is 0 Å². The highest BCUT2D eigenvalue weighted by molar-refractivity contribution is 7.86. The molecule has 0 radical (unpaired) electrons. The minimum Gasteiger partial charge on any atom is -0.455 e. The number of aliphatic hydroxyl groups is 2. The van der Waals surface area contributed by atoms with Gasteiger partial charge in [0.2, 0.25) is 0 Å². The fourth-order valence-electron chi connectivity index (χ4n) is 4.61. The van der Waals surface area contributed by atoms with Crippen molar-refractivity contribution in [2.75, 3.05) is 0 Å². The van der Waals surface area contributed by atoms with Gasteiger partial charge in [-0.2, -0.15) is 17.2 Å². The van der Waals surface area contributed by atoms with E-state index in [4.69, 9.17) is 23.9 Å². The van der Waals surface area contributed by atoms with Crippen molar-refractivity contribution in [2.24, 2.45) is 11.8 Å². The maximum Gasteiger partial charge on any atom is 0.430 e. The van der Waals surface area contributed by atoms with Crippen molar-refractivity contribution in [3.05, 3.63) is 0 Å². The van der Waals surface area contributed by atoms with Crippen molar-refractivity contribution < 1.29 is 65.3 Å². The van der Waals surface area contributed by atoms with E-state index < -0.39 is 94.3 Å². The molecule has 3 aliphatic rings. The first-order chi connectivity index (χ1) is 15.2. The van der Waals surface area contributed by atoms with E-state index in [9.17, 15) is 36.7 Å². The Labute approximate surface area is 186 Å². The molecule has 3 heterocycles. The Balaban J connectivity index is 1.60. The van der Waals surface area contributed by atoms with E-state index in [1.54, 1.807) is 13.8 Å². The summed E-state index contributed by atoms with van der Waals surface area (Å²) < 4.78 is 76.1. The second-order valence-corrected chi connectivity index (χ2v) is 9.66. The summed E-state index contributed by atoms with van der Waals surface area (Å²) in [6, 6.07) is 0. The largest absolute Gasteiger partial charge is 0.455 e. The fraction of sp³-hybridized carbons (Fsp3) is 0.833. The van der Waals surface area contributed by atoms with Crippen LogP contribution in [0.1, 0.15) is 39.5 Å². The summed E-state index contributed by atoms with van der Waals surface area (Å²) in [4.78, 5) is 36.2. The molecule has 33 heavy (non-hydrogen) atoms. The Morgan fingerprint density at radius 1 is 1.12 bits per heavy atom. The molecule has 0 aromatic heterocycles. The Kier molecular flexibility index (Phi) is 6.76. The number of aliphatic hydroxyl groups excluding tert-OH is 1. The first kappa shape index (κ1) is 25.7. The number of rotatable bonds is 10. The SMILES string of the molecule is CCC(O)(CC)C1C2OC3C(OC(=O)C31)C2OC(=O)CCC(=O)OC(O)C(F)(F)S(=O)(=O)O. The van der Waals surface area contributed by atoms with Crippen LogP contribution in [0.25, 0.3) is 0 Å². The van der Waals surface area contributed by atoms with Crippen LogP contribution in [0.4, 0.5) is 8.78 Å². The van der Waals surface area contributed by atoms with E-state index in [2.05, 4.69) is 4.74 Å². The van der Waals surface area contributed by atoms with E-state index in [-0.39, 0.29) is 0 Å². The summed E-state index contributed by atoms with van der Waals surface area (Å²) in [6.07, 6.45) is -7.98. The fourth-order valence-corrected chi connectivity index (χ4v) is 4.92. The Bertz CT molecular complexity index is 917. The van der Waals surface area contributed by atoms with Crippen LogP contribution >= 0.6 is 0 Å². The average Bonchev–Trinajstić information content (AvgIpc) is 3.34. The van der Waals surface area contributed by atoms with Gasteiger partial charge < -0.3 is 29.2 Å². The lowest BCUT2D eigenvalue weighted by Gasteiger charge is -2.39.